The number of hydrogen-bond donors (Lipinski definition) is 1. The maximum absolute atomic E-state index is 12.0. The summed E-state index contributed by atoms with van der Waals surface area (Å²) in [5, 5.41) is 9.88. The zero-order chi connectivity index (χ0) is 16.8. The van der Waals surface area contributed by atoms with Crippen LogP contribution in [0.4, 0.5) is 0 Å². The van der Waals surface area contributed by atoms with Crippen molar-refractivity contribution in [3.05, 3.63) is 23.3 Å². The van der Waals surface area contributed by atoms with Crippen molar-refractivity contribution < 1.29 is 9.90 Å². The number of carboxylic acids is 1. The minimum absolute atomic E-state index is 0.151. The third-order valence-electron chi connectivity index (χ3n) is 7.30. The van der Waals surface area contributed by atoms with Gasteiger partial charge in [-0.3, -0.25) is 4.79 Å². The molecular weight excluding hydrogens is 284 g/mol. The summed E-state index contributed by atoms with van der Waals surface area (Å²) in [6, 6.07) is 0. The second kappa shape index (κ2) is 5.79. The van der Waals surface area contributed by atoms with Crippen molar-refractivity contribution in [1.29, 1.82) is 0 Å². The first-order chi connectivity index (χ1) is 10.8. The molecule has 128 valence electrons. The van der Waals surface area contributed by atoms with Crippen LogP contribution in [-0.2, 0) is 4.79 Å². The Morgan fingerprint density at radius 2 is 2.00 bits per heavy atom. The second-order valence-electron chi connectivity index (χ2n) is 8.89. The Labute approximate surface area is 141 Å². The molecule has 2 nitrogen and oxygen atoms in total. The molecule has 0 heterocycles. The van der Waals surface area contributed by atoms with Gasteiger partial charge in [0.25, 0.3) is 0 Å². The first-order valence-corrected chi connectivity index (χ1v) is 9.43. The summed E-state index contributed by atoms with van der Waals surface area (Å²) >= 11 is 0. The third kappa shape index (κ3) is 2.58. The van der Waals surface area contributed by atoms with Gasteiger partial charge in [-0.25, -0.2) is 0 Å². The standard InChI is InChI=1S/C21H32O2/c1-14(2)15-7-5-8-17-16(13-15)9-10-18-20(17,3)11-6-12-21(18,4)19(22)23/h9,13-14,17-18H,5-8,10-12H2,1-4H3,(H,22,23). The smallest absolute Gasteiger partial charge is 0.309 e. The average Bonchev–Trinajstić information content (AvgIpc) is 2.70. The van der Waals surface area contributed by atoms with E-state index in [1.54, 1.807) is 5.57 Å². The quantitative estimate of drug-likeness (QED) is 0.720. The number of aliphatic carboxylic acids is 1. The van der Waals surface area contributed by atoms with Gasteiger partial charge in [0.2, 0.25) is 0 Å². The zero-order valence-electron chi connectivity index (χ0n) is 15.2. The maximum Gasteiger partial charge on any atom is 0.309 e. The number of carboxylic acid groups (broad SMARTS) is 1. The fourth-order valence-electron chi connectivity index (χ4n) is 5.80. The Hall–Kier alpha value is -1.05. The molecule has 0 amide bonds. The van der Waals surface area contributed by atoms with E-state index >= 15 is 0 Å². The molecular formula is C21H32O2. The second-order valence-corrected chi connectivity index (χ2v) is 8.89. The Morgan fingerprint density at radius 1 is 1.26 bits per heavy atom. The van der Waals surface area contributed by atoms with Gasteiger partial charge in [-0.2, -0.15) is 0 Å². The highest BCUT2D eigenvalue weighted by molar-refractivity contribution is 5.75. The molecule has 2 heteroatoms. The van der Waals surface area contributed by atoms with E-state index < -0.39 is 11.4 Å². The van der Waals surface area contributed by atoms with Crippen LogP contribution in [0.15, 0.2) is 23.3 Å². The van der Waals surface area contributed by atoms with Crippen molar-refractivity contribution in [2.45, 2.75) is 72.6 Å². The molecule has 4 atom stereocenters. The monoisotopic (exact) mass is 316 g/mol. The third-order valence-corrected chi connectivity index (χ3v) is 7.30. The molecule has 0 saturated heterocycles. The summed E-state index contributed by atoms with van der Waals surface area (Å²) in [5.41, 5.74) is 2.70. The Kier molecular flexibility index (Phi) is 4.23. The first-order valence-electron chi connectivity index (χ1n) is 9.43. The molecule has 0 radical (unpaired) electrons. The van der Waals surface area contributed by atoms with Crippen molar-refractivity contribution in [2.75, 3.05) is 0 Å². The molecule has 4 unspecified atom stereocenters. The van der Waals surface area contributed by atoms with E-state index in [0.29, 0.717) is 11.8 Å². The van der Waals surface area contributed by atoms with Gasteiger partial charge in [0.05, 0.1) is 5.41 Å². The van der Waals surface area contributed by atoms with Gasteiger partial charge in [0.1, 0.15) is 0 Å². The topological polar surface area (TPSA) is 37.3 Å². The summed E-state index contributed by atoms with van der Waals surface area (Å²) in [5.74, 6) is 0.869. The maximum atomic E-state index is 12.0. The molecule has 1 fully saturated rings. The van der Waals surface area contributed by atoms with Gasteiger partial charge in [0.15, 0.2) is 0 Å². The van der Waals surface area contributed by atoms with Crippen LogP contribution < -0.4 is 0 Å². The van der Waals surface area contributed by atoms with Gasteiger partial charge in [0, 0.05) is 0 Å². The Bertz CT molecular complexity index is 556. The lowest BCUT2D eigenvalue weighted by molar-refractivity contribution is -0.162. The molecule has 3 aliphatic rings. The number of allylic oxidation sites excluding steroid dienone is 4. The molecule has 0 bridgehead atoms. The SMILES string of the molecule is CC(C)C1=CC2=CCC3C(C)(C(=O)O)CCCC3(C)C2CCC1. The number of fused-ring (bicyclic) bond motifs is 3. The van der Waals surface area contributed by atoms with Gasteiger partial charge in [-0.05, 0) is 74.2 Å². The van der Waals surface area contributed by atoms with E-state index in [1.165, 1.54) is 31.3 Å². The van der Waals surface area contributed by atoms with Crippen LogP contribution in [0.5, 0.6) is 0 Å². The highest BCUT2D eigenvalue weighted by atomic mass is 16.4. The van der Waals surface area contributed by atoms with Crippen LogP contribution in [0.25, 0.3) is 0 Å². The molecule has 23 heavy (non-hydrogen) atoms. The highest BCUT2D eigenvalue weighted by Crippen LogP contribution is 2.61. The van der Waals surface area contributed by atoms with Crippen LogP contribution in [0.1, 0.15) is 72.6 Å². The van der Waals surface area contributed by atoms with Gasteiger partial charge < -0.3 is 5.11 Å². The molecule has 0 aromatic rings. The summed E-state index contributed by atoms with van der Waals surface area (Å²) < 4.78 is 0. The Balaban J connectivity index is 2.02. The number of rotatable bonds is 2. The molecule has 0 aliphatic heterocycles. The van der Waals surface area contributed by atoms with Crippen LogP contribution >= 0.6 is 0 Å². The van der Waals surface area contributed by atoms with Crippen molar-refractivity contribution in [3.63, 3.8) is 0 Å². The molecule has 0 aromatic carbocycles. The van der Waals surface area contributed by atoms with Crippen molar-refractivity contribution in [1.82, 2.24) is 0 Å². The molecule has 0 spiro atoms. The highest BCUT2D eigenvalue weighted by Gasteiger charge is 2.56. The number of hydrogen-bond acceptors (Lipinski definition) is 1. The van der Waals surface area contributed by atoms with E-state index in [1.807, 2.05) is 6.92 Å². The van der Waals surface area contributed by atoms with Crippen LogP contribution in [0, 0.1) is 28.6 Å². The lowest BCUT2D eigenvalue weighted by atomic mass is 9.47. The molecule has 1 N–H and O–H groups in total. The average molecular weight is 316 g/mol. The predicted molar refractivity (Wildman–Crippen MR) is 94.2 cm³/mol. The lowest BCUT2D eigenvalue weighted by Gasteiger charge is -2.56. The number of carbonyl (C=O) groups is 1. The molecule has 0 aromatic heterocycles. The van der Waals surface area contributed by atoms with E-state index in [9.17, 15) is 9.90 Å². The van der Waals surface area contributed by atoms with Crippen LogP contribution in [0.2, 0.25) is 0 Å². The first kappa shape index (κ1) is 16.8. The molecule has 3 aliphatic carbocycles. The summed E-state index contributed by atoms with van der Waals surface area (Å²) in [6.45, 7) is 8.98. The van der Waals surface area contributed by atoms with Crippen LogP contribution in [-0.4, -0.2) is 11.1 Å². The Morgan fingerprint density at radius 3 is 2.65 bits per heavy atom. The minimum Gasteiger partial charge on any atom is -0.481 e. The van der Waals surface area contributed by atoms with Gasteiger partial charge in [-0.1, -0.05) is 44.9 Å². The van der Waals surface area contributed by atoms with E-state index in [4.69, 9.17) is 0 Å². The summed E-state index contributed by atoms with van der Waals surface area (Å²) in [7, 11) is 0. The van der Waals surface area contributed by atoms with Gasteiger partial charge in [-0.15, -0.1) is 0 Å². The minimum atomic E-state index is -0.586. The lowest BCUT2D eigenvalue weighted by Crippen LogP contribution is -2.52. The normalized spacial score (nSPS) is 40.6. The van der Waals surface area contributed by atoms with Crippen molar-refractivity contribution in [2.24, 2.45) is 28.6 Å². The van der Waals surface area contributed by atoms with E-state index in [0.717, 1.165) is 19.3 Å². The molecule has 1 saturated carbocycles. The summed E-state index contributed by atoms with van der Waals surface area (Å²) in [6.07, 6.45) is 12.6. The van der Waals surface area contributed by atoms with E-state index in [2.05, 4.69) is 32.9 Å². The molecule has 3 rings (SSSR count). The van der Waals surface area contributed by atoms with Crippen molar-refractivity contribution >= 4 is 5.97 Å². The summed E-state index contributed by atoms with van der Waals surface area (Å²) in [4.78, 5) is 12.0. The largest absolute Gasteiger partial charge is 0.481 e. The van der Waals surface area contributed by atoms with Gasteiger partial charge >= 0.3 is 5.97 Å². The zero-order valence-corrected chi connectivity index (χ0v) is 15.2. The fraction of sp³-hybridized carbons (Fsp3) is 0.762. The van der Waals surface area contributed by atoms with Crippen molar-refractivity contribution in [3.8, 4) is 0 Å². The van der Waals surface area contributed by atoms with Crippen LogP contribution in [0.3, 0.4) is 0 Å². The van der Waals surface area contributed by atoms with E-state index in [-0.39, 0.29) is 11.3 Å². The predicted octanol–water partition coefficient (Wildman–Crippen LogP) is 5.60. The fourth-order valence-corrected chi connectivity index (χ4v) is 5.80.